The van der Waals surface area contributed by atoms with E-state index >= 15 is 0 Å². The molecule has 0 spiro atoms. The van der Waals surface area contributed by atoms with Crippen molar-refractivity contribution in [3.63, 3.8) is 0 Å². The molecule has 1 heterocycles. The monoisotopic (exact) mass is 468 g/mol. The van der Waals surface area contributed by atoms with Gasteiger partial charge in [-0.1, -0.05) is 61.0 Å². The number of rotatable bonds is 8. The summed E-state index contributed by atoms with van der Waals surface area (Å²) in [5, 5.41) is 0. The fourth-order valence-corrected chi connectivity index (χ4v) is 5.55. The van der Waals surface area contributed by atoms with Crippen LogP contribution in [-0.4, -0.2) is 56.3 Å². The quantitative estimate of drug-likeness (QED) is 0.344. The van der Waals surface area contributed by atoms with Gasteiger partial charge in [0.25, 0.3) is 0 Å². The van der Waals surface area contributed by atoms with Crippen molar-refractivity contribution in [3.8, 4) is 5.75 Å². The molecule has 5 nitrogen and oxygen atoms in total. The second kappa shape index (κ2) is 10.0. The number of carbonyl (C=O) groups is 2. The van der Waals surface area contributed by atoms with E-state index in [4.69, 9.17) is 4.74 Å². The lowest BCUT2D eigenvalue weighted by molar-refractivity contribution is 0.0779. The van der Waals surface area contributed by atoms with Gasteiger partial charge in [-0.25, -0.2) is 0 Å². The van der Waals surface area contributed by atoms with E-state index in [9.17, 15) is 9.59 Å². The maximum Gasteiger partial charge on any atom is 0.181 e. The lowest BCUT2D eigenvalue weighted by Crippen LogP contribution is -2.46. The van der Waals surface area contributed by atoms with Crippen molar-refractivity contribution < 1.29 is 14.3 Å². The molecule has 1 saturated heterocycles. The third-order valence-electron chi connectivity index (χ3n) is 7.54. The molecule has 1 aliphatic carbocycles. The molecule has 3 aromatic carbocycles. The van der Waals surface area contributed by atoms with Crippen molar-refractivity contribution in [2.75, 3.05) is 44.7 Å². The van der Waals surface area contributed by atoms with E-state index in [0.29, 0.717) is 17.5 Å². The normalized spacial score (nSPS) is 17.5. The SMILES string of the molecule is COc1ccc(N2CCN(CCCCC3(c4ccccc4)C(=O)c4ccccc4C3=O)CC2)cc1. The Hall–Kier alpha value is -3.44. The number of ketones is 2. The van der Waals surface area contributed by atoms with Gasteiger partial charge in [-0.3, -0.25) is 14.5 Å². The minimum Gasteiger partial charge on any atom is -0.497 e. The number of ether oxygens (including phenoxy) is 1. The van der Waals surface area contributed by atoms with Crippen LogP contribution < -0.4 is 9.64 Å². The lowest BCUT2D eigenvalue weighted by Gasteiger charge is -2.36. The summed E-state index contributed by atoms with van der Waals surface area (Å²) in [5.74, 6) is 0.790. The van der Waals surface area contributed by atoms with Gasteiger partial charge in [0.05, 0.1) is 7.11 Å². The summed E-state index contributed by atoms with van der Waals surface area (Å²) in [6.45, 7) is 4.99. The van der Waals surface area contributed by atoms with Gasteiger partial charge in [-0.05, 0) is 49.2 Å². The number of carbonyl (C=O) groups excluding carboxylic acids is 2. The molecule has 0 amide bonds. The molecular weight excluding hydrogens is 436 g/mol. The van der Waals surface area contributed by atoms with Crippen molar-refractivity contribution in [1.29, 1.82) is 0 Å². The van der Waals surface area contributed by atoms with Crippen LogP contribution in [-0.2, 0) is 5.41 Å². The second-order valence-corrected chi connectivity index (χ2v) is 9.46. The van der Waals surface area contributed by atoms with Gasteiger partial charge in [0, 0.05) is 43.0 Å². The number of hydrogen-bond acceptors (Lipinski definition) is 5. The zero-order chi connectivity index (χ0) is 24.3. The zero-order valence-corrected chi connectivity index (χ0v) is 20.3. The number of benzene rings is 3. The van der Waals surface area contributed by atoms with Crippen molar-refractivity contribution >= 4 is 17.3 Å². The first-order valence-corrected chi connectivity index (χ1v) is 12.5. The van der Waals surface area contributed by atoms with E-state index in [2.05, 4.69) is 21.9 Å². The molecule has 5 rings (SSSR count). The fraction of sp³-hybridized carbons (Fsp3) is 0.333. The molecule has 0 N–H and O–H groups in total. The Morgan fingerprint density at radius 3 is 1.94 bits per heavy atom. The van der Waals surface area contributed by atoms with Crippen LogP contribution in [0.4, 0.5) is 5.69 Å². The zero-order valence-electron chi connectivity index (χ0n) is 20.3. The van der Waals surface area contributed by atoms with Crippen molar-refractivity contribution in [3.05, 3.63) is 95.6 Å². The Balaban J connectivity index is 1.19. The molecule has 0 aromatic heterocycles. The van der Waals surface area contributed by atoms with Crippen LogP contribution in [0.3, 0.4) is 0 Å². The molecule has 0 saturated carbocycles. The first-order chi connectivity index (χ1) is 17.1. The molecule has 1 fully saturated rings. The molecule has 0 unspecified atom stereocenters. The highest BCUT2D eigenvalue weighted by molar-refractivity contribution is 6.33. The predicted molar refractivity (Wildman–Crippen MR) is 139 cm³/mol. The van der Waals surface area contributed by atoms with Crippen LogP contribution >= 0.6 is 0 Å². The number of hydrogen-bond donors (Lipinski definition) is 0. The van der Waals surface area contributed by atoms with Crippen molar-refractivity contribution in [2.45, 2.75) is 24.7 Å². The van der Waals surface area contributed by atoms with E-state index < -0.39 is 5.41 Å². The average Bonchev–Trinajstić information content (AvgIpc) is 3.14. The second-order valence-electron chi connectivity index (χ2n) is 9.46. The summed E-state index contributed by atoms with van der Waals surface area (Å²) >= 11 is 0. The highest BCUT2D eigenvalue weighted by Crippen LogP contribution is 2.43. The van der Waals surface area contributed by atoms with Crippen LogP contribution in [0, 0.1) is 0 Å². The predicted octanol–water partition coefficient (Wildman–Crippen LogP) is 5.00. The van der Waals surface area contributed by atoms with Gasteiger partial charge in [0.15, 0.2) is 11.6 Å². The first-order valence-electron chi connectivity index (χ1n) is 12.5. The third kappa shape index (κ3) is 4.37. The minimum atomic E-state index is -1.09. The molecular formula is C30H32N2O3. The van der Waals surface area contributed by atoms with Crippen LogP contribution in [0.2, 0.25) is 0 Å². The summed E-state index contributed by atoms with van der Waals surface area (Å²) in [7, 11) is 1.69. The Morgan fingerprint density at radius 1 is 0.743 bits per heavy atom. The molecule has 5 heteroatoms. The number of anilines is 1. The Morgan fingerprint density at radius 2 is 1.34 bits per heavy atom. The molecule has 35 heavy (non-hydrogen) atoms. The average molecular weight is 469 g/mol. The minimum absolute atomic E-state index is 0.0441. The van der Waals surface area contributed by atoms with Gasteiger partial charge >= 0.3 is 0 Å². The van der Waals surface area contributed by atoms with Gasteiger partial charge < -0.3 is 9.64 Å². The Kier molecular flexibility index (Phi) is 6.69. The summed E-state index contributed by atoms with van der Waals surface area (Å²) in [6.07, 6.45) is 2.35. The highest BCUT2D eigenvalue weighted by Gasteiger charge is 2.53. The molecule has 0 bridgehead atoms. The van der Waals surface area contributed by atoms with E-state index in [1.807, 2.05) is 54.6 Å². The molecule has 180 valence electrons. The summed E-state index contributed by atoms with van der Waals surface area (Å²) in [6, 6.07) is 25.2. The lowest BCUT2D eigenvalue weighted by atomic mass is 9.72. The Labute approximate surface area is 207 Å². The molecule has 3 aromatic rings. The van der Waals surface area contributed by atoms with Crippen LogP contribution in [0.25, 0.3) is 0 Å². The number of unbranched alkanes of at least 4 members (excludes halogenated alkanes) is 1. The molecule has 2 aliphatic rings. The van der Waals surface area contributed by atoms with Gasteiger partial charge in [0.1, 0.15) is 11.2 Å². The maximum absolute atomic E-state index is 13.6. The van der Waals surface area contributed by atoms with Crippen molar-refractivity contribution in [1.82, 2.24) is 4.90 Å². The van der Waals surface area contributed by atoms with Gasteiger partial charge in [0.2, 0.25) is 0 Å². The van der Waals surface area contributed by atoms with Crippen molar-refractivity contribution in [2.24, 2.45) is 0 Å². The van der Waals surface area contributed by atoms with Gasteiger partial charge in [-0.2, -0.15) is 0 Å². The number of nitrogens with zero attached hydrogens (tertiary/aromatic N) is 2. The van der Waals surface area contributed by atoms with Crippen LogP contribution in [0.1, 0.15) is 45.5 Å². The number of methoxy groups -OCH3 is 1. The van der Waals surface area contributed by atoms with Crippen LogP contribution in [0.5, 0.6) is 5.75 Å². The fourth-order valence-electron chi connectivity index (χ4n) is 5.55. The molecule has 0 radical (unpaired) electrons. The maximum atomic E-state index is 13.6. The van der Waals surface area contributed by atoms with E-state index in [1.165, 1.54) is 5.69 Å². The number of Topliss-reactive ketones (excluding diaryl/α,β-unsaturated/α-hetero) is 2. The third-order valence-corrected chi connectivity index (χ3v) is 7.54. The largest absolute Gasteiger partial charge is 0.497 e. The van der Waals surface area contributed by atoms with Crippen LogP contribution in [0.15, 0.2) is 78.9 Å². The number of piperazine rings is 1. The van der Waals surface area contributed by atoms with E-state index in [0.717, 1.165) is 56.9 Å². The molecule has 0 atom stereocenters. The first kappa shape index (κ1) is 23.3. The summed E-state index contributed by atoms with van der Waals surface area (Å²) < 4.78 is 5.26. The Bertz CT molecular complexity index is 1150. The van der Waals surface area contributed by atoms with E-state index in [1.54, 1.807) is 19.2 Å². The van der Waals surface area contributed by atoms with Gasteiger partial charge in [-0.15, -0.1) is 0 Å². The highest BCUT2D eigenvalue weighted by atomic mass is 16.5. The summed E-state index contributed by atoms with van der Waals surface area (Å²) in [5.41, 5.74) is 2.09. The summed E-state index contributed by atoms with van der Waals surface area (Å²) in [4.78, 5) is 32.1. The standard InChI is InChI=1S/C30H32N2O3/c1-35-25-15-13-24(14-16-25)32-21-19-31(20-22-32)18-8-7-17-30(23-9-3-2-4-10-23)28(33)26-11-5-6-12-27(26)29(30)34/h2-6,9-16H,7-8,17-22H2,1H3. The smallest absolute Gasteiger partial charge is 0.181 e. The van der Waals surface area contributed by atoms with E-state index in [-0.39, 0.29) is 11.6 Å². The topological polar surface area (TPSA) is 49.9 Å². The molecule has 1 aliphatic heterocycles. The number of fused-ring (bicyclic) bond motifs is 1.